The van der Waals surface area contributed by atoms with Gasteiger partial charge in [-0.15, -0.1) is 0 Å². The van der Waals surface area contributed by atoms with E-state index >= 15 is 0 Å². The second-order valence-electron chi connectivity index (χ2n) is 3.59. The predicted molar refractivity (Wildman–Crippen MR) is 66.9 cm³/mol. The molecule has 0 radical (unpaired) electrons. The molecule has 0 atom stereocenters. The fourth-order valence-corrected chi connectivity index (χ4v) is 1.58. The van der Waals surface area contributed by atoms with Crippen LogP contribution >= 0.6 is 11.6 Å². The molecule has 2 aromatic rings. The summed E-state index contributed by atoms with van der Waals surface area (Å²) >= 11 is 5.72. The Hall–Kier alpha value is -1.81. The number of hydrogen-bond acceptors (Lipinski definition) is 2. The SMILES string of the molecule is O=C(CCn1cc(Cl)cn1)Nc1ccccc1. The summed E-state index contributed by atoms with van der Waals surface area (Å²) in [5.41, 5.74) is 0.802. The van der Waals surface area contributed by atoms with Gasteiger partial charge in [0.05, 0.1) is 11.2 Å². The van der Waals surface area contributed by atoms with Crippen molar-refractivity contribution in [2.24, 2.45) is 0 Å². The maximum Gasteiger partial charge on any atom is 0.226 e. The van der Waals surface area contributed by atoms with E-state index in [-0.39, 0.29) is 5.91 Å². The first-order valence-corrected chi connectivity index (χ1v) is 5.65. The number of nitrogens with one attached hydrogen (secondary N) is 1. The van der Waals surface area contributed by atoms with Crippen molar-refractivity contribution in [2.45, 2.75) is 13.0 Å². The van der Waals surface area contributed by atoms with Gasteiger partial charge < -0.3 is 5.32 Å². The van der Waals surface area contributed by atoms with E-state index in [0.717, 1.165) is 5.69 Å². The molecule has 4 nitrogen and oxygen atoms in total. The highest BCUT2D eigenvalue weighted by atomic mass is 35.5. The van der Waals surface area contributed by atoms with Crippen molar-refractivity contribution < 1.29 is 4.79 Å². The van der Waals surface area contributed by atoms with E-state index in [0.29, 0.717) is 18.0 Å². The number of para-hydroxylation sites is 1. The van der Waals surface area contributed by atoms with Crippen LogP contribution in [-0.4, -0.2) is 15.7 Å². The van der Waals surface area contributed by atoms with E-state index < -0.39 is 0 Å². The Bertz CT molecular complexity index is 495. The minimum Gasteiger partial charge on any atom is -0.326 e. The second-order valence-corrected chi connectivity index (χ2v) is 4.02. The lowest BCUT2D eigenvalue weighted by Gasteiger charge is -2.04. The molecule has 88 valence electrons. The van der Waals surface area contributed by atoms with Crippen LogP contribution in [-0.2, 0) is 11.3 Å². The lowest BCUT2D eigenvalue weighted by atomic mass is 10.3. The van der Waals surface area contributed by atoms with E-state index in [1.165, 1.54) is 0 Å². The Labute approximate surface area is 104 Å². The first kappa shape index (κ1) is 11.7. The number of nitrogens with zero attached hydrogens (tertiary/aromatic N) is 2. The largest absolute Gasteiger partial charge is 0.326 e. The van der Waals surface area contributed by atoms with E-state index in [1.807, 2.05) is 30.3 Å². The molecule has 0 unspecified atom stereocenters. The van der Waals surface area contributed by atoms with Crippen molar-refractivity contribution in [1.82, 2.24) is 9.78 Å². The van der Waals surface area contributed by atoms with Gasteiger partial charge >= 0.3 is 0 Å². The van der Waals surface area contributed by atoms with Crippen LogP contribution in [0.25, 0.3) is 0 Å². The number of aryl methyl sites for hydroxylation is 1. The highest BCUT2D eigenvalue weighted by Gasteiger charge is 2.03. The van der Waals surface area contributed by atoms with Crippen molar-refractivity contribution in [1.29, 1.82) is 0 Å². The number of hydrogen-bond donors (Lipinski definition) is 1. The number of amides is 1. The van der Waals surface area contributed by atoms with E-state index in [1.54, 1.807) is 17.1 Å². The highest BCUT2D eigenvalue weighted by Crippen LogP contribution is 2.07. The van der Waals surface area contributed by atoms with Crippen molar-refractivity contribution in [3.63, 3.8) is 0 Å². The quantitative estimate of drug-likeness (QED) is 0.905. The maximum absolute atomic E-state index is 11.6. The van der Waals surface area contributed by atoms with Crippen molar-refractivity contribution in [3.05, 3.63) is 47.7 Å². The highest BCUT2D eigenvalue weighted by molar-refractivity contribution is 6.30. The summed E-state index contributed by atoms with van der Waals surface area (Å²) < 4.78 is 1.65. The molecule has 0 saturated heterocycles. The minimum atomic E-state index is -0.0391. The van der Waals surface area contributed by atoms with Crippen molar-refractivity contribution >= 4 is 23.2 Å². The zero-order chi connectivity index (χ0) is 12.1. The molecule has 0 fully saturated rings. The number of carbonyl (C=O) groups excluding carboxylic acids is 1. The Balaban J connectivity index is 1.82. The molecule has 1 aromatic carbocycles. The maximum atomic E-state index is 11.6. The van der Waals surface area contributed by atoms with Gasteiger partial charge in [-0.25, -0.2) is 0 Å². The normalized spacial score (nSPS) is 10.2. The van der Waals surface area contributed by atoms with Gasteiger partial charge in [-0.3, -0.25) is 9.48 Å². The van der Waals surface area contributed by atoms with E-state index in [2.05, 4.69) is 10.4 Å². The monoisotopic (exact) mass is 249 g/mol. The number of aromatic nitrogens is 2. The first-order valence-electron chi connectivity index (χ1n) is 5.27. The molecule has 0 aliphatic carbocycles. The number of rotatable bonds is 4. The van der Waals surface area contributed by atoms with Gasteiger partial charge in [0.25, 0.3) is 0 Å². The number of halogens is 1. The molecular weight excluding hydrogens is 238 g/mol. The van der Waals surface area contributed by atoms with E-state index in [4.69, 9.17) is 11.6 Å². The summed E-state index contributed by atoms with van der Waals surface area (Å²) in [6.45, 7) is 0.519. The number of carbonyl (C=O) groups is 1. The standard InChI is InChI=1S/C12H12ClN3O/c13-10-8-14-16(9-10)7-6-12(17)15-11-4-2-1-3-5-11/h1-5,8-9H,6-7H2,(H,15,17). The predicted octanol–water partition coefficient (Wildman–Crippen LogP) is 2.57. The molecule has 1 N–H and O–H groups in total. The molecule has 0 aliphatic rings. The van der Waals surface area contributed by atoms with Crippen molar-refractivity contribution in [2.75, 3.05) is 5.32 Å². The zero-order valence-corrected chi connectivity index (χ0v) is 9.89. The van der Waals surface area contributed by atoms with Crippen LogP contribution in [0.5, 0.6) is 0 Å². The summed E-state index contributed by atoms with van der Waals surface area (Å²) in [6.07, 6.45) is 3.61. The minimum absolute atomic E-state index is 0.0391. The molecule has 17 heavy (non-hydrogen) atoms. The van der Waals surface area contributed by atoms with Gasteiger partial charge in [-0.05, 0) is 12.1 Å². The molecule has 1 amide bonds. The smallest absolute Gasteiger partial charge is 0.226 e. The van der Waals surface area contributed by atoms with Crippen LogP contribution in [0.1, 0.15) is 6.42 Å². The van der Waals surface area contributed by atoms with Crippen LogP contribution in [0, 0.1) is 0 Å². The summed E-state index contributed by atoms with van der Waals surface area (Å²) in [7, 11) is 0. The number of anilines is 1. The van der Waals surface area contributed by atoms with Gasteiger partial charge in [0.1, 0.15) is 0 Å². The average Bonchev–Trinajstić information content (AvgIpc) is 2.74. The molecule has 0 saturated carbocycles. The second kappa shape index (κ2) is 5.50. The topological polar surface area (TPSA) is 46.9 Å². The summed E-state index contributed by atoms with van der Waals surface area (Å²) in [5, 5.41) is 7.38. The lowest BCUT2D eigenvalue weighted by molar-refractivity contribution is -0.116. The van der Waals surface area contributed by atoms with Crippen molar-refractivity contribution in [3.8, 4) is 0 Å². The number of benzene rings is 1. The van der Waals surface area contributed by atoms with Crippen LogP contribution in [0.3, 0.4) is 0 Å². The Morgan fingerprint density at radius 1 is 1.35 bits per heavy atom. The fourth-order valence-electron chi connectivity index (χ4n) is 1.42. The van der Waals surface area contributed by atoms with Gasteiger partial charge in [0.2, 0.25) is 5.91 Å². The molecule has 0 bridgehead atoms. The van der Waals surface area contributed by atoms with Crippen LogP contribution < -0.4 is 5.32 Å². The third-order valence-electron chi connectivity index (χ3n) is 2.23. The summed E-state index contributed by atoms with van der Waals surface area (Å²) in [4.78, 5) is 11.6. The summed E-state index contributed by atoms with van der Waals surface area (Å²) in [6, 6.07) is 9.36. The Kier molecular flexibility index (Phi) is 3.77. The summed E-state index contributed by atoms with van der Waals surface area (Å²) in [5.74, 6) is -0.0391. The zero-order valence-electron chi connectivity index (χ0n) is 9.14. The van der Waals surface area contributed by atoms with Crippen LogP contribution in [0.15, 0.2) is 42.7 Å². The molecule has 5 heteroatoms. The lowest BCUT2D eigenvalue weighted by Crippen LogP contribution is -2.14. The van der Waals surface area contributed by atoms with E-state index in [9.17, 15) is 4.79 Å². The van der Waals surface area contributed by atoms with Gasteiger partial charge in [-0.1, -0.05) is 29.8 Å². The third-order valence-corrected chi connectivity index (χ3v) is 2.42. The van der Waals surface area contributed by atoms with Crippen LogP contribution in [0.4, 0.5) is 5.69 Å². The Morgan fingerprint density at radius 3 is 2.76 bits per heavy atom. The van der Waals surface area contributed by atoms with Gasteiger partial charge in [0.15, 0.2) is 0 Å². The molecule has 2 rings (SSSR count). The average molecular weight is 250 g/mol. The molecule has 1 heterocycles. The fraction of sp³-hybridized carbons (Fsp3) is 0.167. The third kappa shape index (κ3) is 3.60. The molecular formula is C12H12ClN3O. The molecule has 1 aromatic heterocycles. The van der Waals surface area contributed by atoms with Gasteiger partial charge in [0, 0.05) is 24.8 Å². The Morgan fingerprint density at radius 2 is 2.12 bits per heavy atom. The molecule has 0 spiro atoms. The molecule has 0 aliphatic heterocycles. The van der Waals surface area contributed by atoms with Gasteiger partial charge in [-0.2, -0.15) is 5.10 Å². The first-order chi connectivity index (χ1) is 8.24. The van der Waals surface area contributed by atoms with Crippen LogP contribution in [0.2, 0.25) is 5.02 Å².